The molecule has 5 heteroatoms. The van der Waals surface area contributed by atoms with E-state index in [1.165, 1.54) is 32.5 Å². The lowest BCUT2D eigenvalue weighted by molar-refractivity contribution is 0.177. The zero-order valence-corrected chi connectivity index (χ0v) is 14.0. The fourth-order valence-electron chi connectivity index (χ4n) is 2.87. The average Bonchev–Trinajstić information content (AvgIpc) is 2.41. The second-order valence-electron chi connectivity index (χ2n) is 5.22. The Bertz CT molecular complexity index is 206. The lowest BCUT2D eigenvalue weighted by Crippen LogP contribution is -2.45. The van der Waals surface area contributed by atoms with Gasteiger partial charge in [0.2, 0.25) is 0 Å². The first-order chi connectivity index (χ1) is 9.26. The van der Waals surface area contributed by atoms with Gasteiger partial charge in [-0.05, 0) is 38.9 Å². The minimum Gasteiger partial charge on any atom is -0.394 e. The maximum Gasteiger partial charge on any atom is 0.338 e. The Morgan fingerprint density at radius 2 is 1.63 bits per heavy atom. The number of hydrogen-bond acceptors (Lipinski definition) is 4. The molecule has 0 aromatic carbocycles. The number of piperazine rings is 1. The van der Waals surface area contributed by atoms with Crippen molar-refractivity contribution < 1.29 is 8.85 Å². The Hall–Kier alpha value is 0.0569. The SMILES string of the molecule is CCC[Si](CCCN1CCNCC1)(OCC)OCC. The minimum atomic E-state index is -1.92. The first-order valence-electron chi connectivity index (χ1n) is 7.97. The van der Waals surface area contributed by atoms with Crippen molar-refractivity contribution in [2.75, 3.05) is 45.9 Å². The van der Waals surface area contributed by atoms with Crippen LogP contribution in [0.5, 0.6) is 0 Å². The number of nitrogens with one attached hydrogen (secondary N) is 1. The fourth-order valence-corrected chi connectivity index (χ4v) is 6.29. The summed E-state index contributed by atoms with van der Waals surface area (Å²) in [5.41, 5.74) is 0. The largest absolute Gasteiger partial charge is 0.394 e. The van der Waals surface area contributed by atoms with E-state index in [1.54, 1.807) is 0 Å². The summed E-state index contributed by atoms with van der Waals surface area (Å²) in [4.78, 5) is 2.56. The molecular formula is C14H32N2O2Si. The summed E-state index contributed by atoms with van der Waals surface area (Å²) in [6.45, 7) is 13.8. The zero-order chi connectivity index (χ0) is 14.0. The van der Waals surface area contributed by atoms with E-state index in [-0.39, 0.29) is 0 Å². The Morgan fingerprint density at radius 3 is 2.16 bits per heavy atom. The summed E-state index contributed by atoms with van der Waals surface area (Å²) in [6.07, 6.45) is 2.38. The van der Waals surface area contributed by atoms with Crippen LogP contribution in [0.2, 0.25) is 12.1 Å². The summed E-state index contributed by atoms with van der Waals surface area (Å²) in [7, 11) is -1.92. The van der Waals surface area contributed by atoms with Crippen LogP contribution in [-0.4, -0.2) is 59.4 Å². The van der Waals surface area contributed by atoms with Crippen molar-refractivity contribution in [3.05, 3.63) is 0 Å². The third kappa shape index (κ3) is 6.36. The average molecular weight is 289 g/mol. The predicted octanol–water partition coefficient (Wildman–Crippen LogP) is 2.21. The van der Waals surface area contributed by atoms with Crippen molar-refractivity contribution in [1.82, 2.24) is 10.2 Å². The van der Waals surface area contributed by atoms with Crippen LogP contribution in [0, 0.1) is 0 Å². The Morgan fingerprint density at radius 1 is 1.00 bits per heavy atom. The van der Waals surface area contributed by atoms with Crippen LogP contribution in [0.1, 0.15) is 33.6 Å². The van der Waals surface area contributed by atoms with Gasteiger partial charge in [-0.15, -0.1) is 0 Å². The van der Waals surface area contributed by atoms with Crippen LogP contribution in [0.25, 0.3) is 0 Å². The molecule has 1 N–H and O–H groups in total. The van der Waals surface area contributed by atoms with Gasteiger partial charge in [0.05, 0.1) is 0 Å². The molecule has 0 radical (unpaired) electrons. The van der Waals surface area contributed by atoms with Crippen molar-refractivity contribution in [1.29, 1.82) is 0 Å². The first kappa shape index (κ1) is 17.1. The second-order valence-corrected chi connectivity index (χ2v) is 8.62. The molecule has 0 aromatic heterocycles. The number of rotatable bonds is 10. The standard InChI is InChI=1S/C14H32N2O2Si/c1-4-13-19(17-5-2,18-6-3)14-7-10-16-11-8-15-9-12-16/h15H,4-14H2,1-3H3. The Labute approximate surface area is 120 Å². The van der Waals surface area contributed by atoms with Gasteiger partial charge in [-0.2, -0.15) is 0 Å². The van der Waals surface area contributed by atoms with Gasteiger partial charge in [0, 0.05) is 39.4 Å². The van der Waals surface area contributed by atoms with E-state index in [0.717, 1.165) is 38.4 Å². The van der Waals surface area contributed by atoms with E-state index < -0.39 is 8.56 Å². The molecule has 0 aromatic rings. The van der Waals surface area contributed by atoms with E-state index in [0.29, 0.717) is 0 Å². The van der Waals surface area contributed by atoms with Crippen LogP contribution in [0.4, 0.5) is 0 Å². The molecule has 1 fully saturated rings. The molecular weight excluding hydrogens is 256 g/mol. The highest BCUT2D eigenvalue weighted by atomic mass is 28.4. The van der Waals surface area contributed by atoms with Crippen LogP contribution >= 0.6 is 0 Å². The number of nitrogens with zero attached hydrogens (tertiary/aromatic N) is 1. The van der Waals surface area contributed by atoms with Gasteiger partial charge >= 0.3 is 8.56 Å². The van der Waals surface area contributed by atoms with Crippen LogP contribution < -0.4 is 5.32 Å². The maximum atomic E-state index is 6.09. The molecule has 1 rings (SSSR count). The number of hydrogen-bond donors (Lipinski definition) is 1. The van der Waals surface area contributed by atoms with Crippen LogP contribution in [0.15, 0.2) is 0 Å². The van der Waals surface area contributed by atoms with Gasteiger partial charge < -0.3 is 19.1 Å². The molecule has 0 spiro atoms. The summed E-state index contributed by atoms with van der Waals surface area (Å²) < 4.78 is 12.2. The van der Waals surface area contributed by atoms with E-state index in [9.17, 15) is 0 Å². The topological polar surface area (TPSA) is 33.7 Å². The molecule has 1 aliphatic heterocycles. The molecule has 1 aliphatic rings. The molecule has 4 nitrogen and oxygen atoms in total. The third-order valence-corrected chi connectivity index (χ3v) is 7.69. The Balaban J connectivity index is 2.36. The fraction of sp³-hybridized carbons (Fsp3) is 1.00. The molecule has 0 atom stereocenters. The monoisotopic (exact) mass is 288 g/mol. The van der Waals surface area contributed by atoms with Crippen LogP contribution in [0.3, 0.4) is 0 Å². The normalized spacial score (nSPS) is 17.8. The van der Waals surface area contributed by atoms with Crippen molar-refractivity contribution in [3.8, 4) is 0 Å². The summed E-state index contributed by atoms with van der Waals surface area (Å²) >= 11 is 0. The van der Waals surface area contributed by atoms with Crippen molar-refractivity contribution in [2.24, 2.45) is 0 Å². The molecule has 0 amide bonds. The van der Waals surface area contributed by atoms with Crippen molar-refractivity contribution >= 4 is 8.56 Å². The van der Waals surface area contributed by atoms with Gasteiger partial charge in [-0.3, -0.25) is 0 Å². The first-order valence-corrected chi connectivity index (χ1v) is 10.2. The molecule has 0 saturated carbocycles. The molecule has 0 bridgehead atoms. The Kier molecular flexibility index (Phi) is 8.90. The zero-order valence-electron chi connectivity index (χ0n) is 13.0. The van der Waals surface area contributed by atoms with Crippen molar-refractivity contribution in [3.63, 3.8) is 0 Å². The maximum absolute atomic E-state index is 6.09. The second kappa shape index (κ2) is 9.88. The van der Waals surface area contributed by atoms with Gasteiger partial charge in [0.1, 0.15) is 0 Å². The summed E-state index contributed by atoms with van der Waals surface area (Å²) in [5, 5.41) is 3.40. The van der Waals surface area contributed by atoms with Gasteiger partial charge in [0.15, 0.2) is 0 Å². The smallest absolute Gasteiger partial charge is 0.338 e. The van der Waals surface area contributed by atoms with Gasteiger partial charge in [-0.1, -0.05) is 13.3 Å². The van der Waals surface area contributed by atoms with E-state index in [4.69, 9.17) is 8.85 Å². The van der Waals surface area contributed by atoms with E-state index >= 15 is 0 Å². The molecule has 114 valence electrons. The van der Waals surface area contributed by atoms with Gasteiger partial charge in [0.25, 0.3) is 0 Å². The molecule has 19 heavy (non-hydrogen) atoms. The lowest BCUT2D eigenvalue weighted by atomic mass is 10.3. The quantitative estimate of drug-likeness (QED) is 0.625. The predicted molar refractivity (Wildman–Crippen MR) is 82.8 cm³/mol. The highest BCUT2D eigenvalue weighted by molar-refractivity contribution is 6.67. The summed E-state index contributed by atoms with van der Waals surface area (Å²) in [6, 6.07) is 2.28. The minimum absolute atomic E-state index is 0.792. The van der Waals surface area contributed by atoms with Crippen LogP contribution in [-0.2, 0) is 8.85 Å². The van der Waals surface area contributed by atoms with Crippen molar-refractivity contribution in [2.45, 2.75) is 45.7 Å². The van der Waals surface area contributed by atoms with E-state index in [2.05, 4.69) is 31.0 Å². The molecule has 1 heterocycles. The molecule has 0 aliphatic carbocycles. The summed E-state index contributed by atoms with van der Waals surface area (Å²) in [5.74, 6) is 0. The highest BCUT2D eigenvalue weighted by Gasteiger charge is 2.35. The highest BCUT2D eigenvalue weighted by Crippen LogP contribution is 2.23. The van der Waals surface area contributed by atoms with Gasteiger partial charge in [-0.25, -0.2) is 0 Å². The lowest BCUT2D eigenvalue weighted by Gasteiger charge is -2.32. The third-order valence-electron chi connectivity index (χ3n) is 3.69. The molecule has 0 unspecified atom stereocenters. The van der Waals surface area contributed by atoms with E-state index in [1.807, 2.05) is 0 Å². The molecule has 1 saturated heterocycles.